The summed E-state index contributed by atoms with van der Waals surface area (Å²) in [5.74, 6) is 3.62. The predicted octanol–water partition coefficient (Wildman–Crippen LogP) is 3.52. The monoisotopic (exact) mass is 300 g/mol. The lowest BCUT2D eigenvalue weighted by atomic mass is 9.79. The lowest BCUT2D eigenvalue weighted by Crippen LogP contribution is -2.11. The van der Waals surface area contributed by atoms with Gasteiger partial charge in [-0.25, -0.2) is 15.0 Å². The van der Waals surface area contributed by atoms with Gasteiger partial charge in [-0.3, -0.25) is 0 Å². The van der Waals surface area contributed by atoms with Gasteiger partial charge in [0.05, 0.1) is 11.2 Å². The molecule has 3 aromatic rings. The topological polar surface area (TPSA) is 64.7 Å². The summed E-state index contributed by atoms with van der Waals surface area (Å²) in [5.41, 5.74) is 11.5. The van der Waals surface area contributed by atoms with Crippen molar-refractivity contribution >= 4 is 16.9 Å². The van der Waals surface area contributed by atoms with E-state index in [0.717, 1.165) is 22.3 Å². The van der Waals surface area contributed by atoms with E-state index >= 15 is 0 Å². The van der Waals surface area contributed by atoms with E-state index in [0.29, 0.717) is 17.3 Å². The molecule has 1 fully saturated rings. The zero-order valence-electron chi connectivity index (χ0n) is 12.7. The van der Waals surface area contributed by atoms with Gasteiger partial charge >= 0.3 is 0 Å². The lowest BCUT2D eigenvalue weighted by molar-refractivity contribution is 0.421. The van der Waals surface area contributed by atoms with Crippen LogP contribution in [0.5, 0.6) is 0 Å². The third-order valence-corrected chi connectivity index (χ3v) is 4.52. The maximum Gasteiger partial charge on any atom is 0.153 e. The number of hydrogen-bond donors (Lipinski definition) is 1. The first-order valence-electron chi connectivity index (χ1n) is 7.74. The highest BCUT2D eigenvalue weighted by molar-refractivity contribution is 5.89. The summed E-state index contributed by atoms with van der Waals surface area (Å²) in [4.78, 5) is 13.2. The molecule has 0 amide bonds. The molecule has 2 heterocycles. The minimum absolute atomic E-state index is 0.422. The smallest absolute Gasteiger partial charge is 0.153 e. The summed E-state index contributed by atoms with van der Waals surface area (Å²) < 4.78 is 0. The number of rotatable bonds is 2. The number of nitrogens with zero attached hydrogens (tertiary/aromatic N) is 3. The number of aromatic nitrogens is 3. The van der Waals surface area contributed by atoms with Crippen LogP contribution in [0.25, 0.3) is 22.3 Å². The van der Waals surface area contributed by atoms with Gasteiger partial charge in [0.1, 0.15) is 11.8 Å². The number of anilines is 1. The quantitative estimate of drug-likeness (QED) is 0.735. The number of benzene rings is 1. The van der Waals surface area contributed by atoms with E-state index in [1.807, 2.05) is 24.3 Å². The fourth-order valence-electron chi connectivity index (χ4n) is 3.03. The molecule has 112 valence electrons. The summed E-state index contributed by atoms with van der Waals surface area (Å²) >= 11 is 0. The van der Waals surface area contributed by atoms with Crippen LogP contribution >= 0.6 is 0 Å². The van der Waals surface area contributed by atoms with E-state index in [9.17, 15) is 0 Å². The van der Waals surface area contributed by atoms with E-state index in [1.54, 1.807) is 0 Å². The highest BCUT2D eigenvalue weighted by Crippen LogP contribution is 2.40. The average Bonchev–Trinajstić information content (AvgIpc) is 2.54. The Morgan fingerprint density at radius 3 is 2.74 bits per heavy atom. The Labute approximate surface area is 134 Å². The molecule has 1 aromatic carbocycles. The lowest BCUT2D eigenvalue weighted by Gasteiger charge is -2.27. The van der Waals surface area contributed by atoms with Crippen molar-refractivity contribution < 1.29 is 0 Å². The maximum absolute atomic E-state index is 6.04. The van der Waals surface area contributed by atoms with Crippen LogP contribution in [0.3, 0.4) is 0 Å². The zero-order chi connectivity index (χ0) is 15.8. The van der Waals surface area contributed by atoms with Crippen molar-refractivity contribution in [3.63, 3.8) is 0 Å². The second kappa shape index (κ2) is 5.36. The SMILES string of the molecule is C#Cc1cccc(-c2cc(C3CCC3)c3ncnc(N)c3n2)c1. The van der Waals surface area contributed by atoms with Crippen molar-refractivity contribution in [2.75, 3.05) is 5.73 Å². The summed E-state index contributed by atoms with van der Waals surface area (Å²) in [6.07, 6.45) is 10.7. The normalized spacial score (nSPS) is 14.4. The van der Waals surface area contributed by atoms with Crippen molar-refractivity contribution in [1.82, 2.24) is 15.0 Å². The van der Waals surface area contributed by atoms with Gasteiger partial charge in [0.15, 0.2) is 5.82 Å². The standard InChI is InChI=1S/C19H16N4/c1-2-12-5-3-8-14(9-12)16-10-15(13-6-4-7-13)17-18(23-16)19(20)22-11-21-17/h1,3,5,8-11,13H,4,6-7H2,(H2,20,21,22). The highest BCUT2D eigenvalue weighted by atomic mass is 14.9. The fraction of sp³-hybridized carbons (Fsp3) is 0.211. The number of fused-ring (bicyclic) bond motifs is 1. The molecule has 4 rings (SSSR count). The van der Waals surface area contributed by atoms with Gasteiger partial charge in [0.25, 0.3) is 0 Å². The molecular weight excluding hydrogens is 284 g/mol. The molecule has 0 bridgehead atoms. The number of pyridine rings is 1. The van der Waals surface area contributed by atoms with Crippen LogP contribution in [0.1, 0.15) is 36.3 Å². The number of hydrogen-bond acceptors (Lipinski definition) is 4. The molecule has 1 saturated carbocycles. The molecule has 0 radical (unpaired) electrons. The molecule has 1 aliphatic rings. The predicted molar refractivity (Wildman–Crippen MR) is 91.7 cm³/mol. The molecule has 4 nitrogen and oxygen atoms in total. The minimum Gasteiger partial charge on any atom is -0.382 e. The van der Waals surface area contributed by atoms with Gasteiger partial charge in [0.2, 0.25) is 0 Å². The molecule has 0 spiro atoms. The Kier molecular flexibility index (Phi) is 3.20. The Bertz CT molecular complexity index is 936. The minimum atomic E-state index is 0.422. The second-order valence-corrected chi connectivity index (χ2v) is 5.91. The van der Waals surface area contributed by atoms with Gasteiger partial charge < -0.3 is 5.73 Å². The van der Waals surface area contributed by atoms with E-state index in [1.165, 1.54) is 31.2 Å². The first kappa shape index (κ1) is 13.7. The van der Waals surface area contributed by atoms with Crippen molar-refractivity contribution in [3.05, 3.63) is 47.8 Å². The molecule has 2 aromatic heterocycles. The largest absolute Gasteiger partial charge is 0.382 e. The van der Waals surface area contributed by atoms with Gasteiger partial charge in [-0.2, -0.15) is 0 Å². The van der Waals surface area contributed by atoms with Crippen LogP contribution in [0.2, 0.25) is 0 Å². The van der Waals surface area contributed by atoms with Crippen LogP contribution in [0.15, 0.2) is 36.7 Å². The molecule has 4 heteroatoms. The molecule has 23 heavy (non-hydrogen) atoms. The van der Waals surface area contributed by atoms with Crippen molar-refractivity contribution in [1.29, 1.82) is 0 Å². The third kappa shape index (κ3) is 2.31. The van der Waals surface area contributed by atoms with Crippen molar-refractivity contribution in [2.24, 2.45) is 0 Å². The Morgan fingerprint density at radius 2 is 2.00 bits per heavy atom. The Hall–Kier alpha value is -2.93. The van der Waals surface area contributed by atoms with Crippen LogP contribution in [-0.2, 0) is 0 Å². The fourth-order valence-corrected chi connectivity index (χ4v) is 3.03. The van der Waals surface area contributed by atoms with E-state index in [4.69, 9.17) is 17.1 Å². The van der Waals surface area contributed by atoms with E-state index in [-0.39, 0.29) is 0 Å². The van der Waals surface area contributed by atoms with Gasteiger partial charge in [-0.15, -0.1) is 6.42 Å². The first-order chi connectivity index (χ1) is 11.3. The molecule has 0 unspecified atom stereocenters. The Balaban J connectivity index is 1.96. The van der Waals surface area contributed by atoms with Gasteiger partial charge in [0, 0.05) is 11.1 Å². The maximum atomic E-state index is 6.04. The highest BCUT2D eigenvalue weighted by Gasteiger charge is 2.24. The zero-order valence-corrected chi connectivity index (χ0v) is 12.7. The molecule has 1 aliphatic carbocycles. The summed E-state index contributed by atoms with van der Waals surface area (Å²) in [6, 6.07) is 9.98. The Morgan fingerprint density at radius 1 is 1.13 bits per heavy atom. The van der Waals surface area contributed by atoms with E-state index < -0.39 is 0 Å². The first-order valence-corrected chi connectivity index (χ1v) is 7.74. The molecular formula is C19H16N4. The van der Waals surface area contributed by atoms with Gasteiger partial charge in [-0.1, -0.05) is 24.5 Å². The van der Waals surface area contributed by atoms with Gasteiger partial charge in [-0.05, 0) is 42.5 Å². The van der Waals surface area contributed by atoms with Crippen LogP contribution in [-0.4, -0.2) is 15.0 Å². The van der Waals surface area contributed by atoms with E-state index in [2.05, 4.69) is 22.0 Å². The average molecular weight is 300 g/mol. The number of terminal acetylenes is 1. The summed E-state index contributed by atoms with van der Waals surface area (Å²) in [7, 11) is 0. The molecule has 0 aliphatic heterocycles. The van der Waals surface area contributed by atoms with Crippen LogP contribution < -0.4 is 5.73 Å². The number of nitrogens with two attached hydrogens (primary N) is 1. The van der Waals surface area contributed by atoms with Crippen molar-refractivity contribution in [2.45, 2.75) is 25.2 Å². The molecule has 0 atom stereocenters. The summed E-state index contributed by atoms with van der Waals surface area (Å²) in [5, 5.41) is 0. The third-order valence-electron chi connectivity index (χ3n) is 4.52. The van der Waals surface area contributed by atoms with Crippen LogP contribution in [0, 0.1) is 12.3 Å². The van der Waals surface area contributed by atoms with Crippen LogP contribution in [0.4, 0.5) is 5.82 Å². The second-order valence-electron chi connectivity index (χ2n) is 5.91. The summed E-state index contributed by atoms with van der Waals surface area (Å²) in [6.45, 7) is 0. The molecule has 2 N–H and O–H groups in total. The number of nitrogen functional groups attached to an aromatic ring is 1. The van der Waals surface area contributed by atoms with Crippen molar-refractivity contribution in [3.8, 4) is 23.6 Å². The molecule has 0 saturated heterocycles.